The third-order valence-corrected chi connectivity index (χ3v) is 7.20. The van der Waals surface area contributed by atoms with E-state index in [-0.39, 0.29) is 5.75 Å². The van der Waals surface area contributed by atoms with Gasteiger partial charge in [-0.1, -0.05) is 30.3 Å². The SMILES string of the molecule is Cc1ccc(Nc2ncnc3c2CCN(CCS(C)(=O)=O)C3)cc1-c1cc2ccccc2cn1. The summed E-state index contributed by atoms with van der Waals surface area (Å²) in [6.45, 7) is 4.02. The average Bonchev–Trinajstić information content (AvgIpc) is 2.83. The van der Waals surface area contributed by atoms with Crippen LogP contribution in [-0.4, -0.2) is 53.4 Å². The molecule has 34 heavy (non-hydrogen) atoms. The highest BCUT2D eigenvalue weighted by Crippen LogP contribution is 2.30. The summed E-state index contributed by atoms with van der Waals surface area (Å²) in [6.07, 6.45) is 5.54. The summed E-state index contributed by atoms with van der Waals surface area (Å²) in [7, 11) is -2.98. The lowest BCUT2D eigenvalue weighted by atomic mass is 10.0. The minimum absolute atomic E-state index is 0.160. The quantitative estimate of drug-likeness (QED) is 0.450. The van der Waals surface area contributed by atoms with Crippen LogP contribution < -0.4 is 5.32 Å². The van der Waals surface area contributed by atoms with E-state index < -0.39 is 9.84 Å². The zero-order valence-corrected chi connectivity index (χ0v) is 20.1. The molecule has 0 radical (unpaired) electrons. The Morgan fingerprint density at radius 3 is 2.68 bits per heavy atom. The standard InChI is InChI=1S/C26H27N5O2S/c1-18-7-8-21(14-23(18)24-13-19-5-3-4-6-20(19)15-27-24)30-26-22-9-10-31(11-12-34(2,32)33)16-25(22)28-17-29-26/h3-8,13-15,17H,9-12,16H2,1-2H3,(H,28,29,30). The molecule has 0 fully saturated rings. The summed E-state index contributed by atoms with van der Waals surface area (Å²) >= 11 is 0. The van der Waals surface area contributed by atoms with Crippen LogP contribution in [-0.2, 0) is 22.8 Å². The molecule has 1 aliphatic rings. The molecule has 2 aromatic heterocycles. The molecule has 0 saturated heterocycles. The fourth-order valence-corrected chi connectivity index (χ4v) is 4.94. The minimum Gasteiger partial charge on any atom is -0.340 e. The van der Waals surface area contributed by atoms with Crippen molar-refractivity contribution in [1.82, 2.24) is 19.9 Å². The Balaban J connectivity index is 1.39. The Bertz CT molecular complexity index is 1470. The number of nitrogens with zero attached hydrogens (tertiary/aromatic N) is 4. The molecule has 8 heteroatoms. The summed E-state index contributed by atoms with van der Waals surface area (Å²) in [4.78, 5) is 15.8. The summed E-state index contributed by atoms with van der Waals surface area (Å²) in [5.74, 6) is 0.960. The molecule has 174 valence electrons. The van der Waals surface area contributed by atoms with Gasteiger partial charge in [0.2, 0.25) is 0 Å². The maximum Gasteiger partial charge on any atom is 0.148 e. The van der Waals surface area contributed by atoms with Crippen LogP contribution in [0.25, 0.3) is 22.0 Å². The number of anilines is 2. The van der Waals surface area contributed by atoms with Gasteiger partial charge >= 0.3 is 0 Å². The second-order valence-electron chi connectivity index (χ2n) is 8.87. The lowest BCUT2D eigenvalue weighted by Gasteiger charge is -2.28. The molecule has 1 N–H and O–H groups in total. The summed E-state index contributed by atoms with van der Waals surface area (Å²) < 4.78 is 23.1. The minimum atomic E-state index is -2.98. The summed E-state index contributed by atoms with van der Waals surface area (Å²) in [5.41, 5.74) is 6.14. The van der Waals surface area contributed by atoms with Crippen LogP contribution >= 0.6 is 0 Å². The van der Waals surface area contributed by atoms with Crippen molar-refractivity contribution in [2.75, 3.05) is 30.4 Å². The van der Waals surface area contributed by atoms with E-state index in [2.05, 4.69) is 63.5 Å². The van der Waals surface area contributed by atoms with Gasteiger partial charge in [0.25, 0.3) is 0 Å². The van der Waals surface area contributed by atoms with Crippen LogP contribution in [0.3, 0.4) is 0 Å². The van der Waals surface area contributed by atoms with Gasteiger partial charge in [-0.25, -0.2) is 18.4 Å². The van der Waals surface area contributed by atoms with E-state index in [0.717, 1.165) is 63.3 Å². The number of rotatable bonds is 6. The van der Waals surface area contributed by atoms with E-state index in [1.807, 2.05) is 18.3 Å². The molecule has 0 saturated carbocycles. The largest absolute Gasteiger partial charge is 0.340 e. The molecule has 0 atom stereocenters. The third kappa shape index (κ3) is 4.93. The predicted molar refractivity (Wildman–Crippen MR) is 136 cm³/mol. The van der Waals surface area contributed by atoms with Crippen LogP contribution in [0.4, 0.5) is 11.5 Å². The topological polar surface area (TPSA) is 88.1 Å². The van der Waals surface area contributed by atoms with Gasteiger partial charge in [-0.05, 0) is 42.5 Å². The molecule has 0 unspecified atom stereocenters. The predicted octanol–water partition coefficient (Wildman–Crippen LogP) is 4.15. The van der Waals surface area contributed by atoms with Crippen molar-refractivity contribution in [3.8, 4) is 11.3 Å². The Morgan fingerprint density at radius 2 is 1.85 bits per heavy atom. The van der Waals surface area contributed by atoms with Gasteiger partial charge in [0.1, 0.15) is 22.0 Å². The van der Waals surface area contributed by atoms with Gasteiger partial charge in [-0.15, -0.1) is 0 Å². The fourth-order valence-electron chi connectivity index (χ4n) is 4.35. The second kappa shape index (κ2) is 9.12. The van der Waals surface area contributed by atoms with E-state index in [9.17, 15) is 8.42 Å². The Kier molecular flexibility index (Phi) is 6.02. The molecular weight excluding hydrogens is 446 g/mol. The van der Waals surface area contributed by atoms with E-state index in [4.69, 9.17) is 4.98 Å². The number of pyridine rings is 1. The molecule has 0 amide bonds. The van der Waals surface area contributed by atoms with Gasteiger partial charge in [0, 0.05) is 54.3 Å². The second-order valence-corrected chi connectivity index (χ2v) is 11.1. The third-order valence-electron chi connectivity index (χ3n) is 6.27. The van der Waals surface area contributed by atoms with Crippen LogP contribution in [0.5, 0.6) is 0 Å². The molecule has 1 aliphatic heterocycles. The van der Waals surface area contributed by atoms with Crippen molar-refractivity contribution < 1.29 is 8.42 Å². The monoisotopic (exact) mass is 473 g/mol. The van der Waals surface area contributed by atoms with E-state index in [1.165, 1.54) is 6.26 Å². The first-order valence-corrected chi connectivity index (χ1v) is 13.4. The number of aromatic nitrogens is 3. The van der Waals surface area contributed by atoms with E-state index in [0.29, 0.717) is 13.1 Å². The highest BCUT2D eigenvalue weighted by Gasteiger charge is 2.22. The van der Waals surface area contributed by atoms with Gasteiger partial charge in [-0.3, -0.25) is 9.88 Å². The number of hydrogen-bond donors (Lipinski definition) is 1. The molecule has 5 rings (SSSR count). The maximum atomic E-state index is 11.5. The van der Waals surface area contributed by atoms with Crippen molar-refractivity contribution >= 4 is 32.1 Å². The lowest BCUT2D eigenvalue weighted by molar-refractivity contribution is 0.264. The Morgan fingerprint density at radius 1 is 1.03 bits per heavy atom. The highest BCUT2D eigenvalue weighted by atomic mass is 32.2. The summed E-state index contributed by atoms with van der Waals surface area (Å²) in [6, 6.07) is 16.6. The molecule has 4 aromatic rings. The number of fused-ring (bicyclic) bond motifs is 2. The molecule has 0 bridgehead atoms. The number of benzene rings is 2. The van der Waals surface area contributed by atoms with Crippen molar-refractivity contribution in [1.29, 1.82) is 0 Å². The van der Waals surface area contributed by atoms with Crippen LogP contribution in [0, 0.1) is 6.92 Å². The first-order chi connectivity index (χ1) is 16.4. The van der Waals surface area contributed by atoms with Crippen LogP contribution in [0.2, 0.25) is 0 Å². The number of aryl methyl sites for hydroxylation is 1. The molecular formula is C26H27N5O2S. The van der Waals surface area contributed by atoms with Crippen molar-refractivity contribution in [2.45, 2.75) is 19.9 Å². The fraction of sp³-hybridized carbons (Fsp3) is 0.269. The lowest BCUT2D eigenvalue weighted by Crippen LogP contribution is -2.35. The molecule has 0 spiro atoms. The molecule has 2 aromatic carbocycles. The van der Waals surface area contributed by atoms with Crippen molar-refractivity contribution in [2.24, 2.45) is 0 Å². The zero-order valence-electron chi connectivity index (χ0n) is 19.3. The van der Waals surface area contributed by atoms with E-state index in [1.54, 1.807) is 6.33 Å². The summed E-state index contributed by atoms with van der Waals surface area (Å²) in [5, 5.41) is 5.77. The Labute approximate surface area is 199 Å². The van der Waals surface area contributed by atoms with Gasteiger partial charge in [0.15, 0.2) is 0 Å². The maximum absolute atomic E-state index is 11.5. The number of hydrogen-bond acceptors (Lipinski definition) is 7. The normalized spacial score (nSPS) is 14.2. The molecule has 3 heterocycles. The van der Waals surface area contributed by atoms with E-state index >= 15 is 0 Å². The van der Waals surface area contributed by atoms with Crippen LogP contribution in [0.1, 0.15) is 16.8 Å². The smallest absolute Gasteiger partial charge is 0.148 e. The van der Waals surface area contributed by atoms with Crippen molar-refractivity contribution in [3.05, 3.63) is 77.9 Å². The van der Waals surface area contributed by atoms with Crippen LogP contribution in [0.15, 0.2) is 61.1 Å². The van der Waals surface area contributed by atoms with Crippen molar-refractivity contribution in [3.63, 3.8) is 0 Å². The molecule has 7 nitrogen and oxygen atoms in total. The first kappa shape index (κ1) is 22.4. The Hall–Kier alpha value is -3.36. The number of sulfone groups is 1. The molecule has 0 aliphatic carbocycles. The van der Waals surface area contributed by atoms with Gasteiger partial charge < -0.3 is 5.32 Å². The zero-order chi connectivity index (χ0) is 23.7. The highest BCUT2D eigenvalue weighted by molar-refractivity contribution is 7.90. The number of nitrogens with one attached hydrogen (secondary N) is 1. The average molecular weight is 474 g/mol. The van der Waals surface area contributed by atoms with Gasteiger partial charge in [-0.2, -0.15) is 0 Å². The first-order valence-electron chi connectivity index (χ1n) is 11.3. The van der Waals surface area contributed by atoms with Gasteiger partial charge in [0.05, 0.1) is 17.1 Å².